The van der Waals surface area contributed by atoms with Crippen LogP contribution in [0.2, 0.25) is 0 Å². The van der Waals surface area contributed by atoms with Crippen LogP contribution in [0.1, 0.15) is 12.5 Å². The van der Waals surface area contributed by atoms with Gasteiger partial charge in [0.25, 0.3) is 0 Å². The predicted molar refractivity (Wildman–Crippen MR) is 62.9 cm³/mol. The van der Waals surface area contributed by atoms with Crippen molar-refractivity contribution in [1.82, 2.24) is 30.0 Å². The molecule has 2 heterocycles. The van der Waals surface area contributed by atoms with Crippen molar-refractivity contribution < 1.29 is 9.90 Å². The van der Waals surface area contributed by atoms with Crippen molar-refractivity contribution in [2.45, 2.75) is 30.9 Å². The Kier molecular flexibility index (Phi) is 3.92. The summed E-state index contributed by atoms with van der Waals surface area (Å²) in [7, 11) is 0. The first-order valence-corrected chi connectivity index (χ1v) is 6.29. The number of rotatable bonds is 6. The van der Waals surface area contributed by atoms with E-state index in [1.807, 2.05) is 17.8 Å². The molecule has 9 heteroatoms. The Balaban J connectivity index is 1.97. The fourth-order valence-corrected chi connectivity index (χ4v) is 2.12. The summed E-state index contributed by atoms with van der Waals surface area (Å²) in [5.41, 5.74) is 1.05. The summed E-state index contributed by atoms with van der Waals surface area (Å²) in [5, 5.41) is 24.2. The summed E-state index contributed by atoms with van der Waals surface area (Å²) >= 11 is 1.38. The lowest BCUT2D eigenvalue weighted by Gasteiger charge is -1.99. The summed E-state index contributed by atoms with van der Waals surface area (Å²) < 4.78 is 3.09. The molecule has 96 valence electrons. The molecule has 18 heavy (non-hydrogen) atoms. The molecule has 2 rings (SSSR count). The van der Waals surface area contributed by atoms with Crippen LogP contribution in [0.15, 0.2) is 17.6 Å². The normalized spacial score (nSPS) is 10.7. The number of hydrogen-bond donors (Lipinski definition) is 1. The van der Waals surface area contributed by atoms with Gasteiger partial charge < -0.3 is 5.11 Å². The maximum absolute atomic E-state index is 10.6. The standard InChI is InChI=1S/C9H12N6O2S/c1-2-14-4-7(3-10-14)6-18-9-11-12-13-15(9)5-8(16)17/h3-4H,2,5-6H2,1H3,(H,16,17). The largest absolute Gasteiger partial charge is 0.480 e. The summed E-state index contributed by atoms with van der Waals surface area (Å²) in [4.78, 5) is 10.6. The molecule has 0 saturated carbocycles. The van der Waals surface area contributed by atoms with Gasteiger partial charge in [-0.3, -0.25) is 9.48 Å². The van der Waals surface area contributed by atoms with E-state index < -0.39 is 5.97 Å². The average Bonchev–Trinajstić information content (AvgIpc) is 2.94. The molecular weight excluding hydrogens is 256 g/mol. The first-order chi connectivity index (χ1) is 8.69. The fourth-order valence-electron chi connectivity index (χ4n) is 1.33. The van der Waals surface area contributed by atoms with Crippen molar-refractivity contribution in [3.8, 4) is 0 Å². The van der Waals surface area contributed by atoms with E-state index in [1.54, 1.807) is 6.20 Å². The van der Waals surface area contributed by atoms with Gasteiger partial charge >= 0.3 is 5.97 Å². The highest BCUT2D eigenvalue weighted by molar-refractivity contribution is 7.98. The van der Waals surface area contributed by atoms with E-state index in [4.69, 9.17) is 5.11 Å². The van der Waals surface area contributed by atoms with E-state index in [9.17, 15) is 4.79 Å². The molecule has 0 unspecified atom stereocenters. The molecule has 0 aromatic carbocycles. The Morgan fingerprint density at radius 1 is 1.56 bits per heavy atom. The highest BCUT2D eigenvalue weighted by Crippen LogP contribution is 2.19. The fraction of sp³-hybridized carbons (Fsp3) is 0.444. The molecule has 0 atom stereocenters. The molecule has 0 bridgehead atoms. The van der Waals surface area contributed by atoms with Crippen LogP contribution in [0.3, 0.4) is 0 Å². The third kappa shape index (κ3) is 3.06. The lowest BCUT2D eigenvalue weighted by Crippen LogP contribution is -2.11. The topological polar surface area (TPSA) is 98.7 Å². The minimum absolute atomic E-state index is 0.233. The lowest BCUT2D eigenvalue weighted by molar-refractivity contribution is -0.138. The van der Waals surface area contributed by atoms with Gasteiger partial charge in [-0.2, -0.15) is 5.10 Å². The Labute approximate surface area is 107 Å². The molecule has 0 spiro atoms. The van der Waals surface area contributed by atoms with Crippen molar-refractivity contribution in [3.63, 3.8) is 0 Å². The SMILES string of the molecule is CCn1cc(CSc2nnnn2CC(=O)O)cn1. The number of aryl methyl sites for hydroxylation is 1. The molecule has 0 radical (unpaired) electrons. The van der Waals surface area contributed by atoms with Crippen LogP contribution in [-0.4, -0.2) is 41.1 Å². The number of thioether (sulfide) groups is 1. The Hall–Kier alpha value is -1.90. The van der Waals surface area contributed by atoms with E-state index in [0.29, 0.717) is 10.9 Å². The molecule has 0 amide bonds. The van der Waals surface area contributed by atoms with Gasteiger partial charge in [-0.15, -0.1) is 5.10 Å². The molecule has 0 fully saturated rings. The molecule has 2 aromatic rings. The predicted octanol–water partition coefficient (Wildman–Crippen LogP) is 0.266. The number of nitrogens with zero attached hydrogens (tertiary/aromatic N) is 6. The smallest absolute Gasteiger partial charge is 0.325 e. The van der Waals surface area contributed by atoms with E-state index in [0.717, 1.165) is 12.1 Å². The minimum Gasteiger partial charge on any atom is -0.480 e. The highest BCUT2D eigenvalue weighted by atomic mass is 32.2. The van der Waals surface area contributed by atoms with Gasteiger partial charge in [0.1, 0.15) is 6.54 Å². The molecule has 0 aliphatic heterocycles. The van der Waals surface area contributed by atoms with Crippen LogP contribution >= 0.6 is 11.8 Å². The minimum atomic E-state index is -0.969. The Morgan fingerprint density at radius 2 is 2.39 bits per heavy atom. The lowest BCUT2D eigenvalue weighted by atomic mass is 10.4. The zero-order chi connectivity index (χ0) is 13.0. The number of hydrogen-bond acceptors (Lipinski definition) is 6. The zero-order valence-electron chi connectivity index (χ0n) is 9.72. The van der Waals surface area contributed by atoms with Gasteiger partial charge in [-0.1, -0.05) is 11.8 Å². The van der Waals surface area contributed by atoms with E-state index >= 15 is 0 Å². The highest BCUT2D eigenvalue weighted by Gasteiger charge is 2.10. The van der Waals surface area contributed by atoms with Crippen molar-refractivity contribution in [2.75, 3.05) is 0 Å². The molecular formula is C9H12N6O2S. The Morgan fingerprint density at radius 3 is 3.06 bits per heavy atom. The second kappa shape index (κ2) is 5.63. The van der Waals surface area contributed by atoms with Crippen molar-refractivity contribution >= 4 is 17.7 Å². The molecule has 8 nitrogen and oxygen atoms in total. The average molecular weight is 268 g/mol. The number of carbonyl (C=O) groups is 1. The summed E-state index contributed by atoms with van der Waals surface area (Å²) in [5.74, 6) is -0.317. The third-order valence-corrected chi connectivity index (χ3v) is 3.19. The molecule has 0 aliphatic carbocycles. The van der Waals surface area contributed by atoms with E-state index in [-0.39, 0.29) is 6.54 Å². The van der Waals surface area contributed by atoms with Crippen LogP contribution in [0, 0.1) is 0 Å². The second-order valence-electron chi connectivity index (χ2n) is 3.51. The molecule has 0 saturated heterocycles. The summed E-state index contributed by atoms with van der Waals surface area (Å²) in [6, 6.07) is 0. The number of aromatic nitrogens is 6. The summed E-state index contributed by atoms with van der Waals surface area (Å²) in [6.45, 7) is 2.60. The van der Waals surface area contributed by atoms with Crippen molar-refractivity contribution in [1.29, 1.82) is 0 Å². The molecule has 2 aromatic heterocycles. The van der Waals surface area contributed by atoms with Gasteiger partial charge in [0.15, 0.2) is 0 Å². The summed E-state index contributed by atoms with van der Waals surface area (Å²) in [6.07, 6.45) is 3.72. The van der Waals surface area contributed by atoms with Crippen molar-refractivity contribution in [3.05, 3.63) is 18.0 Å². The van der Waals surface area contributed by atoms with Gasteiger partial charge in [-0.25, -0.2) is 4.68 Å². The first-order valence-electron chi connectivity index (χ1n) is 5.31. The van der Waals surface area contributed by atoms with E-state index in [2.05, 4.69) is 20.6 Å². The van der Waals surface area contributed by atoms with Gasteiger partial charge in [0.2, 0.25) is 5.16 Å². The van der Waals surface area contributed by atoms with Crippen molar-refractivity contribution in [2.24, 2.45) is 0 Å². The number of tetrazole rings is 1. The quantitative estimate of drug-likeness (QED) is 0.750. The number of carboxylic acids is 1. The first kappa shape index (κ1) is 12.6. The number of aliphatic carboxylic acids is 1. The van der Waals surface area contributed by atoms with Gasteiger partial charge in [-0.05, 0) is 17.4 Å². The molecule has 0 aliphatic rings. The third-order valence-electron chi connectivity index (χ3n) is 2.16. The van der Waals surface area contributed by atoms with Crippen LogP contribution in [0.5, 0.6) is 0 Å². The van der Waals surface area contributed by atoms with Gasteiger partial charge in [0, 0.05) is 24.1 Å². The van der Waals surface area contributed by atoms with Gasteiger partial charge in [0.05, 0.1) is 6.20 Å². The van der Waals surface area contributed by atoms with Crippen LogP contribution in [0.25, 0.3) is 0 Å². The monoisotopic (exact) mass is 268 g/mol. The van der Waals surface area contributed by atoms with Crippen LogP contribution < -0.4 is 0 Å². The van der Waals surface area contributed by atoms with E-state index in [1.165, 1.54) is 16.4 Å². The maximum Gasteiger partial charge on any atom is 0.325 e. The Bertz CT molecular complexity index is 537. The van der Waals surface area contributed by atoms with Crippen LogP contribution in [0.4, 0.5) is 0 Å². The molecule has 1 N–H and O–H groups in total. The van der Waals surface area contributed by atoms with Crippen LogP contribution in [-0.2, 0) is 23.6 Å². The second-order valence-corrected chi connectivity index (χ2v) is 4.45. The zero-order valence-corrected chi connectivity index (χ0v) is 10.5. The maximum atomic E-state index is 10.6. The number of carboxylic acid groups (broad SMARTS) is 1.